The molecule has 0 aromatic heterocycles. The Morgan fingerprint density at radius 1 is 0.889 bits per heavy atom. The molecule has 7 nitrogen and oxygen atoms in total. The Labute approximate surface area is 256 Å². The van der Waals surface area contributed by atoms with Crippen molar-refractivity contribution >= 4 is 23.4 Å². The minimum Gasteiger partial charge on any atom is -0.465 e. The number of rotatable bonds is 7. The van der Waals surface area contributed by atoms with Gasteiger partial charge in [-0.2, -0.15) is 13.2 Å². The monoisotopic (exact) mass is 622 g/mol. The highest BCUT2D eigenvalue weighted by molar-refractivity contribution is 6.14. The van der Waals surface area contributed by atoms with Gasteiger partial charge in [0.25, 0.3) is 0 Å². The zero-order valence-corrected chi connectivity index (χ0v) is 24.4. The number of alkyl halides is 3. The Hall–Kier alpha value is -4.93. The molecule has 0 spiro atoms. The number of carbonyl (C=O) groups is 3. The lowest BCUT2D eigenvalue weighted by atomic mass is 9.67. The molecule has 0 fully saturated rings. The zero-order chi connectivity index (χ0) is 32.5. The van der Waals surface area contributed by atoms with Crippen LogP contribution in [0.1, 0.15) is 48.8 Å². The summed E-state index contributed by atoms with van der Waals surface area (Å²) < 4.78 is 65.1. The maximum Gasteiger partial charge on any atom is 0.416 e. The third-order valence-corrected chi connectivity index (χ3v) is 7.96. The van der Waals surface area contributed by atoms with E-state index >= 15 is 0 Å². The van der Waals surface area contributed by atoms with Gasteiger partial charge in [0.1, 0.15) is 17.6 Å². The Morgan fingerprint density at radius 2 is 1.51 bits per heavy atom. The number of anilines is 1. The van der Waals surface area contributed by atoms with Crippen LogP contribution in [0.5, 0.6) is 0 Å². The maximum atomic E-state index is 14.7. The van der Waals surface area contributed by atoms with Crippen LogP contribution in [0.15, 0.2) is 102 Å². The van der Waals surface area contributed by atoms with E-state index in [1.165, 1.54) is 41.3 Å². The number of hydrogen-bond acceptors (Lipinski definition) is 7. The van der Waals surface area contributed by atoms with Gasteiger partial charge < -0.3 is 15.2 Å². The standard InChI is InChI=1S/C34H30F4N2O5/c1-3-44-32(42)27-24(19-8-6-5-7-9-19)18-25-28(30(27)41)26(20-10-14-22(35)15-11-20)29(33(43)45-4-2)31(39)40(25)23-16-12-21(13-17-23)34(36,37)38/h5-17,24,26-27H,3-4,18,39H2,1-2H3/t24-,26+,27+/m0/s1. The van der Waals surface area contributed by atoms with Crippen LogP contribution >= 0.6 is 0 Å². The lowest BCUT2D eigenvalue weighted by molar-refractivity contribution is -0.152. The van der Waals surface area contributed by atoms with Crippen molar-refractivity contribution in [1.29, 1.82) is 0 Å². The van der Waals surface area contributed by atoms with Crippen molar-refractivity contribution in [3.63, 3.8) is 0 Å². The molecule has 45 heavy (non-hydrogen) atoms. The largest absolute Gasteiger partial charge is 0.465 e. The second-order valence-electron chi connectivity index (χ2n) is 10.6. The fraction of sp³-hybridized carbons (Fsp3) is 0.265. The van der Waals surface area contributed by atoms with E-state index in [-0.39, 0.29) is 48.0 Å². The Morgan fingerprint density at radius 3 is 2.09 bits per heavy atom. The molecule has 1 aliphatic carbocycles. The van der Waals surface area contributed by atoms with Gasteiger partial charge in [0.05, 0.1) is 30.3 Å². The van der Waals surface area contributed by atoms with Gasteiger partial charge in [-0.15, -0.1) is 0 Å². The first-order valence-electron chi connectivity index (χ1n) is 14.4. The zero-order valence-electron chi connectivity index (χ0n) is 24.4. The van der Waals surface area contributed by atoms with Gasteiger partial charge in [0.2, 0.25) is 0 Å². The van der Waals surface area contributed by atoms with Gasteiger partial charge in [-0.1, -0.05) is 42.5 Å². The van der Waals surface area contributed by atoms with Crippen LogP contribution in [0.3, 0.4) is 0 Å². The third kappa shape index (κ3) is 5.94. The van der Waals surface area contributed by atoms with E-state index in [9.17, 15) is 31.9 Å². The molecule has 5 rings (SSSR count). The number of halogens is 4. The molecule has 3 atom stereocenters. The summed E-state index contributed by atoms with van der Waals surface area (Å²) in [7, 11) is 0. The second-order valence-corrected chi connectivity index (χ2v) is 10.6. The molecule has 0 saturated carbocycles. The molecule has 11 heteroatoms. The molecular weight excluding hydrogens is 592 g/mol. The van der Waals surface area contributed by atoms with Gasteiger partial charge in [-0.3, -0.25) is 14.5 Å². The molecule has 0 bridgehead atoms. The van der Waals surface area contributed by atoms with Crippen molar-refractivity contribution in [2.75, 3.05) is 18.1 Å². The van der Waals surface area contributed by atoms with Gasteiger partial charge in [0, 0.05) is 22.9 Å². The molecule has 0 amide bonds. The average molecular weight is 623 g/mol. The summed E-state index contributed by atoms with van der Waals surface area (Å²) in [5, 5.41) is 0. The summed E-state index contributed by atoms with van der Waals surface area (Å²) in [6.45, 7) is 3.16. The van der Waals surface area contributed by atoms with E-state index in [2.05, 4.69) is 0 Å². The van der Waals surface area contributed by atoms with Gasteiger partial charge in [-0.25, -0.2) is 9.18 Å². The lowest BCUT2D eigenvalue weighted by Gasteiger charge is -2.44. The predicted molar refractivity (Wildman–Crippen MR) is 157 cm³/mol. The number of allylic oxidation sites excluding steroid dienone is 2. The summed E-state index contributed by atoms with van der Waals surface area (Å²) in [5.74, 6) is -6.25. The first-order valence-corrected chi connectivity index (χ1v) is 14.4. The first-order chi connectivity index (χ1) is 21.5. The summed E-state index contributed by atoms with van der Waals surface area (Å²) in [5.41, 5.74) is 7.08. The summed E-state index contributed by atoms with van der Waals surface area (Å²) in [6, 6.07) is 18.1. The van der Waals surface area contributed by atoms with E-state index < -0.39 is 53.0 Å². The fourth-order valence-corrected chi connectivity index (χ4v) is 6.04. The first kappa shape index (κ1) is 31.5. The van der Waals surface area contributed by atoms with Crippen LogP contribution in [-0.4, -0.2) is 30.9 Å². The number of ether oxygens (including phenoxy) is 2. The fourth-order valence-electron chi connectivity index (χ4n) is 6.04. The Bertz CT molecular complexity index is 1670. The third-order valence-electron chi connectivity index (χ3n) is 7.96. The normalized spacial score (nSPS) is 20.2. The topological polar surface area (TPSA) is 98.9 Å². The van der Waals surface area contributed by atoms with Crippen molar-refractivity contribution in [2.24, 2.45) is 11.7 Å². The molecule has 2 aliphatic rings. The van der Waals surface area contributed by atoms with Crippen LogP contribution < -0.4 is 10.6 Å². The van der Waals surface area contributed by atoms with Crippen LogP contribution in [0.2, 0.25) is 0 Å². The van der Waals surface area contributed by atoms with E-state index in [0.717, 1.165) is 12.1 Å². The van der Waals surface area contributed by atoms with Crippen molar-refractivity contribution < 1.29 is 41.4 Å². The van der Waals surface area contributed by atoms with Gasteiger partial charge >= 0.3 is 18.1 Å². The number of benzene rings is 3. The maximum absolute atomic E-state index is 14.7. The summed E-state index contributed by atoms with van der Waals surface area (Å²) >= 11 is 0. The number of nitrogens with two attached hydrogens (primary N) is 1. The summed E-state index contributed by atoms with van der Waals surface area (Å²) in [6.07, 6.45) is -4.58. The van der Waals surface area contributed by atoms with E-state index in [1.807, 2.05) is 0 Å². The highest BCUT2D eigenvalue weighted by Crippen LogP contribution is 2.51. The second kappa shape index (κ2) is 12.6. The molecule has 0 radical (unpaired) electrons. The van der Waals surface area contributed by atoms with Crippen molar-refractivity contribution in [3.8, 4) is 0 Å². The lowest BCUT2D eigenvalue weighted by Crippen LogP contribution is -2.46. The average Bonchev–Trinajstić information content (AvgIpc) is 3.01. The van der Waals surface area contributed by atoms with E-state index in [1.54, 1.807) is 44.2 Å². The summed E-state index contributed by atoms with van der Waals surface area (Å²) in [4.78, 5) is 43.1. The minimum absolute atomic E-state index is 0.00994. The van der Waals surface area contributed by atoms with E-state index in [4.69, 9.17) is 15.2 Å². The predicted octanol–water partition coefficient (Wildman–Crippen LogP) is 6.37. The highest BCUT2D eigenvalue weighted by atomic mass is 19.4. The van der Waals surface area contributed by atoms with Crippen LogP contribution in [-0.2, 0) is 30.0 Å². The smallest absolute Gasteiger partial charge is 0.416 e. The molecule has 2 N–H and O–H groups in total. The number of hydrogen-bond donors (Lipinski definition) is 1. The van der Waals surface area contributed by atoms with Gasteiger partial charge in [0.15, 0.2) is 5.78 Å². The number of Topliss-reactive ketones (excluding diaryl/α,β-unsaturated/α-hetero) is 1. The molecule has 1 heterocycles. The van der Waals surface area contributed by atoms with Crippen LogP contribution in [0.25, 0.3) is 0 Å². The number of nitrogens with zero attached hydrogens (tertiary/aromatic N) is 1. The Kier molecular flexibility index (Phi) is 8.81. The highest BCUT2D eigenvalue weighted by Gasteiger charge is 2.51. The van der Waals surface area contributed by atoms with Crippen molar-refractivity contribution in [2.45, 2.75) is 38.3 Å². The number of ketones is 1. The molecule has 0 unspecified atom stereocenters. The molecule has 1 aliphatic heterocycles. The van der Waals surface area contributed by atoms with Crippen molar-refractivity contribution in [1.82, 2.24) is 0 Å². The molecule has 234 valence electrons. The Balaban J connectivity index is 1.81. The SMILES string of the molecule is CCOC(=O)C1=C(N)N(c2ccc(C(F)(F)F)cc2)C2=C(C(=O)[C@H](C(=O)OCC)[C@H](c3ccccc3)C2)[C@H]1c1ccc(F)cc1. The van der Waals surface area contributed by atoms with Crippen molar-refractivity contribution in [3.05, 3.63) is 124 Å². The van der Waals surface area contributed by atoms with Crippen LogP contribution in [0.4, 0.5) is 23.2 Å². The van der Waals surface area contributed by atoms with E-state index in [0.29, 0.717) is 11.1 Å². The molecule has 3 aromatic carbocycles. The molecule has 0 saturated heterocycles. The number of carbonyl (C=O) groups excluding carboxylic acids is 3. The quantitative estimate of drug-likeness (QED) is 0.186. The number of esters is 2. The minimum atomic E-state index is -4.61. The molecular formula is C34H30F4N2O5. The van der Waals surface area contributed by atoms with Gasteiger partial charge in [-0.05, 0) is 67.8 Å². The van der Waals surface area contributed by atoms with Crippen LogP contribution in [0, 0.1) is 11.7 Å². The molecule has 3 aromatic rings.